The number of rotatable bonds is 3. The number of aryl methyl sites for hydroxylation is 2. The van der Waals surface area contributed by atoms with E-state index in [9.17, 15) is 10.1 Å². The fraction of sp³-hybridized carbons (Fsp3) is 0.176. The van der Waals surface area contributed by atoms with E-state index in [1.165, 1.54) is 0 Å². The number of nitrogens with zero attached hydrogens (tertiary/aromatic N) is 1. The van der Waals surface area contributed by atoms with Crippen LogP contribution in [0.25, 0.3) is 0 Å². The van der Waals surface area contributed by atoms with Crippen LogP contribution in [0.5, 0.6) is 0 Å². The molecule has 0 aromatic heterocycles. The summed E-state index contributed by atoms with van der Waals surface area (Å²) in [5, 5.41) is 9.34. The largest absolute Gasteiger partial charge is 0.292 e. The number of hydrogen-bond acceptors (Lipinski definition) is 2. The highest BCUT2D eigenvalue weighted by Gasteiger charge is 2.22. The van der Waals surface area contributed by atoms with Crippen LogP contribution >= 0.6 is 15.9 Å². The molecule has 2 aromatic rings. The average molecular weight is 328 g/mol. The van der Waals surface area contributed by atoms with Gasteiger partial charge in [0.25, 0.3) is 0 Å². The summed E-state index contributed by atoms with van der Waals surface area (Å²) < 4.78 is 0.928. The molecule has 0 aliphatic rings. The molecular weight excluding hydrogens is 314 g/mol. The third kappa shape index (κ3) is 3.15. The van der Waals surface area contributed by atoms with Gasteiger partial charge in [-0.1, -0.05) is 45.3 Å². The highest BCUT2D eigenvalue weighted by atomic mass is 79.9. The monoisotopic (exact) mass is 327 g/mol. The molecule has 0 bridgehead atoms. The van der Waals surface area contributed by atoms with Crippen LogP contribution in [0.3, 0.4) is 0 Å². The van der Waals surface area contributed by atoms with Crippen molar-refractivity contribution in [2.75, 3.05) is 0 Å². The normalized spacial score (nSPS) is 11.7. The second-order valence-corrected chi connectivity index (χ2v) is 5.77. The topological polar surface area (TPSA) is 40.9 Å². The maximum atomic E-state index is 12.5. The lowest BCUT2D eigenvalue weighted by Gasteiger charge is -2.10. The maximum absolute atomic E-state index is 12.5. The van der Waals surface area contributed by atoms with Crippen LogP contribution < -0.4 is 0 Å². The molecule has 0 spiro atoms. The van der Waals surface area contributed by atoms with Crippen LogP contribution in [0.4, 0.5) is 0 Å². The van der Waals surface area contributed by atoms with Crippen LogP contribution in [-0.4, -0.2) is 5.78 Å². The van der Waals surface area contributed by atoms with Gasteiger partial charge in [0.2, 0.25) is 0 Å². The minimum absolute atomic E-state index is 0.151. The first kappa shape index (κ1) is 14.5. The molecule has 0 saturated carbocycles. The molecule has 2 nitrogen and oxygen atoms in total. The van der Waals surface area contributed by atoms with Crippen LogP contribution in [0, 0.1) is 25.2 Å². The van der Waals surface area contributed by atoms with Crippen LogP contribution in [0.15, 0.2) is 46.9 Å². The Morgan fingerprint density at radius 1 is 1.10 bits per heavy atom. The number of halogens is 1. The summed E-state index contributed by atoms with van der Waals surface area (Å²) in [6, 6.07) is 15.1. The van der Waals surface area contributed by atoms with E-state index in [2.05, 4.69) is 22.0 Å². The van der Waals surface area contributed by atoms with Crippen molar-refractivity contribution < 1.29 is 4.79 Å². The zero-order valence-corrected chi connectivity index (χ0v) is 12.9. The zero-order valence-electron chi connectivity index (χ0n) is 11.4. The second-order valence-electron chi connectivity index (χ2n) is 4.85. The lowest BCUT2D eigenvalue weighted by Crippen LogP contribution is -2.11. The standard InChI is InChI=1S/C17H14BrNO/c1-11-7-12(2)9-14(8-11)17(20)16(10-19)13-3-5-15(18)6-4-13/h3-9,16H,1-2H3. The summed E-state index contributed by atoms with van der Waals surface area (Å²) in [5.74, 6) is -0.911. The molecule has 0 aliphatic heterocycles. The molecule has 3 heteroatoms. The highest BCUT2D eigenvalue weighted by molar-refractivity contribution is 9.10. The SMILES string of the molecule is Cc1cc(C)cc(C(=O)C(C#N)c2ccc(Br)cc2)c1. The molecule has 0 fully saturated rings. The highest BCUT2D eigenvalue weighted by Crippen LogP contribution is 2.23. The van der Waals surface area contributed by atoms with Crippen LogP contribution in [0.1, 0.15) is 33.0 Å². The van der Waals surface area contributed by atoms with Gasteiger partial charge in [-0.05, 0) is 43.7 Å². The van der Waals surface area contributed by atoms with Gasteiger partial charge in [-0.15, -0.1) is 0 Å². The van der Waals surface area contributed by atoms with E-state index in [1.54, 1.807) is 12.1 Å². The van der Waals surface area contributed by atoms with Gasteiger partial charge in [0.15, 0.2) is 5.78 Å². The Labute approximate surface area is 127 Å². The fourth-order valence-corrected chi connectivity index (χ4v) is 2.49. The Hall–Kier alpha value is -1.92. The Balaban J connectivity index is 2.39. The number of benzene rings is 2. The first-order chi connectivity index (χ1) is 9.51. The molecule has 1 atom stereocenters. The molecule has 20 heavy (non-hydrogen) atoms. The number of carbonyl (C=O) groups excluding carboxylic acids is 1. The van der Waals surface area contributed by atoms with Gasteiger partial charge in [-0.25, -0.2) is 0 Å². The van der Waals surface area contributed by atoms with Crippen molar-refractivity contribution in [3.05, 3.63) is 69.2 Å². The summed E-state index contributed by atoms with van der Waals surface area (Å²) in [7, 11) is 0. The summed E-state index contributed by atoms with van der Waals surface area (Å²) in [5.41, 5.74) is 3.37. The zero-order chi connectivity index (χ0) is 14.7. The number of Topliss-reactive ketones (excluding diaryl/α,β-unsaturated/α-hetero) is 1. The van der Waals surface area contributed by atoms with E-state index in [0.29, 0.717) is 5.56 Å². The quantitative estimate of drug-likeness (QED) is 0.775. The smallest absolute Gasteiger partial charge is 0.184 e. The molecule has 0 heterocycles. The summed E-state index contributed by atoms with van der Waals surface area (Å²) >= 11 is 3.35. The van der Waals surface area contributed by atoms with Gasteiger partial charge in [-0.3, -0.25) is 4.79 Å². The molecule has 0 N–H and O–H groups in total. The average Bonchev–Trinajstić information content (AvgIpc) is 2.40. The Morgan fingerprint density at radius 3 is 2.15 bits per heavy atom. The minimum Gasteiger partial charge on any atom is -0.292 e. The van der Waals surface area contributed by atoms with Gasteiger partial charge >= 0.3 is 0 Å². The Kier molecular flexibility index (Phi) is 4.36. The van der Waals surface area contributed by atoms with Crippen LogP contribution in [-0.2, 0) is 0 Å². The molecule has 0 amide bonds. The molecule has 100 valence electrons. The Bertz CT molecular complexity index is 663. The number of ketones is 1. The lowest BCUT2D eigenvalue weighted by molar-refractivity contribution is 0.0978. The van der Waals surface area contributed by atoms with Crippen molar-refractivity contribution in [1.29, 1.82) is 5.26 Å². The van der Waals surface area contributed by atoms with Gasteiger partial charge < -0.3 is 0 Å². The van der Waals surface area contributed by atoms with E-state index in [4.69, 9.17) is 0 Å². The Morgan fingerprint density at radius 2 is 1.65 bits per heavy atom. The molecular formula is C17H14BrNO. The van der Waals surface area contributed by atoms with Crippen molar-refractivity contribution in [2.24, 2.45) is 0 Å². The number of carbonyl (C=O) groups is 1. The molecule has 1 unspecified atom stereocenters. The van der Waals surface area contributed by atoms with Crippen molar-refractivity contribution in [1.82, 2.24) is 0 Å². The molecule has 0 aliphatic carbocycles. The van der Waals surface area contributed by atoms with Gasteiger partial charge in [0.05, 0.1) is 6.07 Å². The van der Waals surface area contributed by atoms with Crippen molar-refractivity contribution in [2.45, 2.75) is 19.8 Å². The summed E-state index contributed by atoms with van der Waals surface area (Å²) in [4.78, 5) is 12.5. The molecule has 2 rings (SSSR count). The molecule has 0 saturated heterocycles. The van der Waals surface area contributed by atoms with Crippen molar-refractivity contribution in [3.8, 4) is 6.07 Å². The first-order valence-electron chi connectivity index (χ1n) is 6.29. The third-order valence-corrected chi connectivity index (χ3v) is 3.63. The first-order valence-corrected chi connectivity index (χ1v) is 7.08. The van der Waals surface area contributed by atoms with Gasteiger partial charge in [0, 0.05) is 10.0 Å². The molecule has 0 radical (unpaired) electrons. The predicted octanol–water partition coefficient (Wildman–Crippen LogP) is 4.56. The summed E-state index contributed by atoms with van der Waals surface area (Å²) in [6.45, 7) is 3.90. The number of hydrogen-bond donors (Lipinski definition) is 0. The predicted molar refractivity (Wildman–Crippen MR) is 82.7 cm³/mol. The fourth-order valence-electron chi connectivity index (χ4n) is 2.22. The minimum atomic E-state index is -0.760. The van der Waals surface area contributed by atoms with Gasteiger partial charge in [0.1, 0.15) is 5.92 Å². The molecule has 2 aromatic carbocycles. The van der Waals surface area contributed by atoms with Gasteiger partial charge in [-0.2, -0.15) is 5.26 Å². The van der Waals surface area contributed by atoms with Crippen molar-refractivity contribution >= 4 is 21.7 Å². The van der Waals surface area contributed by atoms with Crippen LogP contribution in [0.2, 0.25) is 0 Å². The van der Waals surface area contributed by atoms with E-state index in [1.807, 2.05) is 44.2 Å². The second kappa shape index (κ2) is 6.02. The van der Waals surface area contributed by atoms with E-state index >= 15 is 0 Å². The van der Waals surface area contributed by atoms with Crippen molar-refractivity contribution in [3.63, 3.8) is 0 Å². The maximum Gasteiger partial charge on any atom is 0.184 e. The van der Waals surface area contributed by atoms with E-state index in [0.717, 1.165) is 21.2 Å². The lowest BCUT2D eigenvalue weighted by atomic mass is 9.90. The third-order valence-electron chi connectivity index (χ3n) is 3.10. The summed E-state index contributed by atoms with van der Waals surface area (Å²) in [6.07, 6.45) is 0. The van der Waals surface area contributed by atoms with E-state index in [-0.39, 0.29) is 5.78 Å². The van der Waals surface area contributed by atoms with E-state index < -0.39 is 5.92 Å². The number of nitriles is 1.